The van der Waals surface area contributed by atoms with Crippen LogP contribution in [0.15, 0.2) is 24.3 Å². The molecule has 1 heterocycles. The van der Waals surface area contributed by atoms with Crippen LogP contribution >= 0.6 is 11.6 Å². The molecule has 0 saturated heterocycles. The molecule has 0 aliphatic carbocycles. The van der Waals surface area contributed by atoms with Gasteiger partial charge in [0.25, 0.3) is 0 Å². The van der Waals surface area contributed by atoms with Crippen LogP contribution in [-0.2, 0) is 9.53 Å². The average Bonchev–Trinajstić information content (AvgIpc) is 2.40. The van der Waals surface area contributed by atoms with E-state index in [0.29, 0.717) is 11.0 Å². The number of rotatable bonds is 3. The van der Waals surface area contributed by atoms with E-state index in [0.717, 1.165) is 0 Å². The largest absolute Gasteiger partial charge is 0.465 e. The summed E-state index contributed by atoms with van der Waals surface area (Å²) in [6.45, 7) is 1.86. The molecule has 0 N–H and O–H groups in total. The molecule has 1 atom stereocenters. The van der Waals surface area contributed by atoms with Crippen molar-refractivity contribution < 1.29 is 9.53 Å². The predicted octanol–water partition coefficient (Wildman–Crippen LogP) is 2.45. The predicted molar refractivity (Wildman–Crippen MR) is 69.5 cm³/mol. The van der Waals surface area contributed by atoms with E-state index < -0.39 is 11.9 Å². The quantitative estimate of drug-likeness (QED) is 0.804. The van der Waals surface area contributed by atoms with Crippen molar-refractivity contribution in [1.82, 2.24) is 9.97 Å². The summed E-state index contributed by atoms with van der Waals surface area (Å²) < 4.78 is 4.83. The first-order chi connectivity index (χ1) is 9.17. The van der Waals surface area contributed by atoms with Crippen molar-refractivity contribution >= 4 is 28.6 Å². The second kappa shape index (κ2) is 5.63. The Bertz CT molecular complexity index is 666. The van der Waals surface area contributed by atoms with E-state index in [-0.39, 0.29) is 17.5 Å². The summed E-state index contributed by atoms with van der Waals surface area (Å²) in [5.74, 6) is -1.83. The van der Waals surface area contributed by atoms with Gasteiger partial charge in [0, 0.05) is 0 Å². The zero-order valence-corrected chi connectivity index (χ0v) is 10.9. The minimum Gasteiger partial charge on any atom is -0.465 e. The van der Waals surface area contributed by atoms with Gasteiger partial charge in [-0.05, 0) is 19.1 Å². The number of carbonyl (C=O) groups excluding carboxylic acids is 1. The van der Waals surface area contributed by atoms with Crippen molar-refractivity contribution in [2.24, 2.45) is 0 Å². The van der Waals surface area contributed by atoms with E-state index >= 15 is 0 Å². The van der Waals surface area contributed by atoms with Gasteiger partial charge in [-0.15, -0.1) is 0 Å². The average molecular weight is 276 g/mol. The third-order valence-corrected chi connectivity index (χ3v) is 2.76. The highest BCUT2D eigenvalue weighted by molar-refractivity contribution is 6.30. The Morgan fingerprint density at radius 3 is 2.63 bits per heavy atom. The van der Waals surface area contributed by atoms with Gasteiger partial charge in [-0.25, -0.2) is 9.97 Å². The van der Waals surface area contributed by atoms with Crippen LogP contribution in [-0.4, -0.2) is 22.5 Å². The molecule has 0 saturated carbocycles. The zero-order chi connectivity index (χ0) is 13.8. The summed E-state index contributed by atoms with van der Waals surface area (Å²) in [5, 5.41) is 9.14. The maximum Gasteiger partial charge on any atom is 0.329 e. The molecule has 0 aliphatic heterocycles. The molecule has 5 nitrogen and oxygen atoms in total. The van der Waals surface area contributed by atoms with Gasteiger partial charge in [-0.1, -0.05) is 23.7 Å². The molecule has 0 bridgehead atoms. The second-order valence-electron chi connectivity index (χ2n) is 3.70. The van der Waals surface area contributed by atoms with E-state index in [4.69, 9.17) is 21.6 Å². The number of hydrogen-bond donors (Lipinski definition) is 0. The molecule has 6 heteroatoms. The Morgan fingerprint density at radius 2 is 2.05 bits per heavy atom. The molecule has 0 spiro atoms. The van der Waals surface area contributed by atoms with Gasteiger partial charge in [0.2, 0.25) is 0 Å². The van der Waals surface area contributed by atoms with E-state index in [2.05, 4.69) is 9.97 Å². The standard InChI is InChI=1S/C13H10ClN3O2/c1-2-19-13(18)8(7-15)11-12(14)17-10-6-4-3-5-9(10)16-11/h3-6,8H,2H2,1H3/t8-/m0/s1. The lowest BCUT2D eigenvalue weighted by molar-refractivity contribution is -0.143. The number of hydrogen-bond acceptors (Lipinski definition) is 5. The maximum absolute atomic E-state index is 11.7. The fourth-order valence-corrected chi connectivity index (χ4v) is 1.87. The first-order valence-electron chi connectivity index (χ1n) is 5.65. The summed E-state index contributed by atoms with van der Waals surface area (Å²) in [4.78, 5) is 20.1. The first kappa shape index (κ1) is 13.2. The van der Waals surface area contributed by atoms with Crippen molar-refractivity contribution in [3.63, 3.8) is 0 Å². The molecule has 0 fully saturated rings. The molecule has 0 unspecified atom stereocenters. The maximum atomic E-state index is 11.7. The Balaban J connectivity index is 2.51. The van der Waals surface area contributed by atoms with E-state index in [1.807, 2.05) is 6.07 Å². The van der Waals surface area contributed by atoms with Crippen molar-refractivity contribution in [3.05, 3.63) is 35.1 Å². The van der Waals surface area contributed by atoms with Crippen molar-refractivity contribution in [1.29, 1.82) is 5.26 Å². The minimum atomic E-state index is -1.16. The Morgan fingerprint density at radius 1 is 1.42 bits per heavy atom. The third-order valence-electron chi connectivity index (χ3n) is 2.48. The SMILES string of the molecule is CCOC(=O)[C@@H](C#N)c1nc2ccccc2nc1Cl. The van der Waals surface area contributed by atoms with Crippen LogP contribution in [0.1, 0.15) is 18.5 Å². The fourth-order valence-electron chi connectivity index (χ4n) is 1.63. The molecule has 1 aromatic carbocycles. The molecular weight excluding hydrogens is 266 g/mol. The summed E-state index contributed by atoms with van der Waals surface area (Å²) in [6.07, 6.45) is 0. The number of fused-ring (bicyclic) bond motifs is 1. The number of esters is 1. The number of nitriles is 1. The highest BCUT2D eigenvalue weighted by Crippen LogP contribution is 2.24. The Hall–Kier alpha value is -2.19. The van der Waals surface area contributed by atoms with Crippen LogP contribution in [0, 0.1) is 11.3 Å². The number of carbonyl (C=O) groups is 1. The van der Waals surface area contributed by atoms with Crippen LogP contribution < -0.4 is 0 Å². The number of aromatic nitrogens is 2. The van der Waals surface area contributed by atoms with Gasteiger partial charge in [0.05, 0.1) is 23.7 Å². The molecule has 0 aliphatic rings. The highest BCUT2D eigenvalue weighted by Gasteiger charge is 2.26. The van der Waals surface area contributed by atoms with Gasteiger partial charge >= 0.3 is 5.97 Å². The molecule has 96 valence electrons. The van der Waals surface area contributed by atoms with Crippen molar-refractivity contribution in [2.45, 2.75) is 12.8 Å². The summed E-state index contributed by atoms with van der Waals surface area (Å²) >= 11 is 5.99. The van der Waals surface area contributed by atoms with Gasteiger partial charge in [-0.2, -0.15) is 5.26 Å². The van der Waals surface area contributed by atoms with Gasteiger partial charge < -0.3 is 4.74 Å². The van der Waals surface area contributed by atoms with Crippen molar-refractivity contribution in [3.8, 4) is 6.07 Å². The number of ether oxygens (including phenoxy) is 1. The number of nitrogens with zero attached hydrogens (tertiary/aromatic N) is 3. The van der Waals surface area contributed by atoms with Gasteiger partial charge in [0.15, 0.2) is 11.1 Å². The normalized spacial score (nSPS) is 11.8. The third kappa shape index (κ3) is 2.64. The number of benzene rings is 1. The highest BCUT2D eigenvalue weighted by atomic mass is 35.5. The summed E-state index contributed by atoms with van der Waals surface area (Å²) in [6, 6.07) is 8.94. The van der Waals surface area contributed by atoms with Crippen LogP contribution in [0.25, 0.3) is 11.0 Å². The Labute approximate surface area is 114 Å². The van der Waals surface area contributed by atoms with Crippen molar-refractivity contribution in [2.75, 3.05) is 6.61 Å². The second-order valence-corrected chi connectivity index (χ2v) is 4.06. The number of para-hydroxylation sites is 2. The van der Waals surface area contributed by atoms with E-state index in [9.17, 15) is 4.79 Å². The van der Waals surface area contributed by atoms with Crippen LogP contribution in [0.3, 0.4) is 0 Å². The fraction of sp³-hybridized carbons (Fsp3) is 0.231. The van der Waals surface area contributed by atoms with E-state index in [1.165, 1.54) is 0 Å². The zero-order valence-electron chi connectivity index (χ0n) is 10.1. The minimum absolute atomic E-state index is 0.0401. The van der Waals surface area contributed by atoms with E-state index in [1.54, 1.807) is 31.2 Å². The summed E-state index contributed by atoms with van der Waals surface area (Å²) in [5.41, 5.74) is 1.31. The van der Waals surface area contributed by atoms with Gasteiger partial charge in [0.1, 0.15) is 5.69 Å². The summed E-state index contributed by atoms with van der Waals surface area (Å²) in [7, 11) is 0. The molecule has 2 aromatic rings. The monoisotopic (exact) mass is 275 g/mol. The molecule has 1 aromatic heterocycles. The van der Waals surface area contributed by atoms with Crippen LogP contribution in [0.5, 0.6) is 0 Å². The topological polar surface area (TPSA) is 75.9 Å². The molecule has 0 amide bonds. The van der Waals surface area contributed by atoms with Gasteiger partial charge in [-0.3, -0.25) is 4.79 Å². The smallest absolute Gasteiger partial charge is 0.329 e. The lowest BCUT2D eigenvalue weighted by atomic mass is 10.1. The lowest BCUT2D eigenvalue weighted by Gasteiger charge is -2.09. The van der Waals surface area contributed by atoms with Crippen LogP contribution in [0.2, 0.25) is 5.15 Å². The molecule has 0 radical (unpaired) electrons. The Kier molecular flexibility index (Phi) is 3.93. The first-order valence-corrected chi connectivity index (χ1v) is 6.03. The number of halogens is 1. The molecule has 2 rings (SSSR count). The lowest BCUT2D eigenvalue weighted by Crippen LogP contribution is -2.16. The molecule has 19 heavy (non-hydrogen) atoms. The van der Waals surface area contributed by atoms with Crippen LogP contribution in [0.4, 0.5) is 0 Å². The molecular formula is C13H10ClN3O2.